The van der Waals surface area contributed by atoms with E-state index in [-0.39, 0.29) is 17.9 Å². The Hall–Kier alpha value is -2.08. The largest absolute Gasteiger partial charge is 0.496 e. The number of carbonyl (C=O) groups is 2. The molecule has 0 spiro atoms. The van der Waals surface area contributed by atoms with E-state index in [1.54, 1.807) is 13.2 Å². The standard InChI is InChI=1S/C20H29N3O3/c1-14-4-5-17(12-18(14)26-3)20(25)23-10-8-22(9-11-23)13-19(24)21-15(2)16-6-7-16/h4-5,12,15-16H,6-11,13H2,1-3H3,(H,21,24). The number of hydrogen-bond donors (Lipinski definition) is 1. The van der Waals surface area contributed by atoms with Crippen molar-refractivity contribution in [1.29, 1.82) is 0 Å². The SMILES string of the molecule is COc1cc(C(=O)N2CCN(CC(=O)NC(C)C3CC3)CC2)ccc1C. The van der Waals surface area contributed by atoms with E-state index >= 15 is 0 Å². The number of carbonyl (C=O) groups excluding carboxylic acids is 2. The van der Waals surface area contributed by atoms with Crippen LogP contribution in [-0.4, -0.2) is 67.5 Å². The second-order valence-electron chi connectivity index (χ2n) is 7.45. The molecule has 1 aromatic carbocycles. The van der Waals surface area contributed by atoms with Crippen LogP contribution in [0.25, 0.3) is 0 Å². The first-order valence-electron chi connectivity index (χ1n) is 9.43. The average Bonchev–Trinajstić information content (AvgIpc) is 3.47. The van der Waals surface area contributed by atoms with Gasteiger partial charge in [-0.05, 0) is 50.3 Å². The second-order valence-corrected chi connectivity index (χ2v) is 7.45. The number of nitrogens with zero attached hydrogens (tertiary/aromatic N) is 2. The van der Waals surface area contributed by atoms with Crippen molar-refractivity contribution in [2.45, 2.75) is 32.7 Å². The Kier molecular flexibility index (Phi) is 5.81. The Bertz CT molecular complexity index is 664. The molecule has 1 saturated carbocycles. The number of amides is 2. The second kappa shape index (κ2) is 8.08. The van der Waals surface area contributed by atoms with Crippen LogP contribution < -0.4 is 10.1 Å². The predicted octanol–water partition coefficient (Wildman–Crippen LogP) is 1.68. The van der Waals surface area contributed by atoms with Gasteiger partial charge < -0.3 is 15.0 Å². The number of methoxy groups -OCH3 is 1. The van der Waals surface area contributed by atoms with Crippen molar-refractivity contribution >= 4 is 11.8 Å². The van der Waals surface area contributed by atoms with Crippen molar-refractivity contribution in [3.8, 4) is 5.75 Å². The molecule has 1 aliphatic heterocycles. The van der Waals surface area contributed by atoms with Crippen LogP contribution in [0.3, 0.4) is 0 Å². The Morgan fingerprint density at radius 1 is 1.23 bits per heavy atom. The van der Waals surface area contributed by atoms with Gasteiger partial charge in [0.15, 0.2) is 0 Å². The van der Waals surface area contributed by atoms with E-state index < -0.39 is 0 Å². The van der Waals surface area contributed by atoms with Crippen molar-refractivity contribution in [3.63, 3.8) is 0 Å². The number of hydrogen-bond acceptors (Lipinski definition) is 4. The lowest BCUT2D eigenvalue weighted by atomic mass is 10.1. The van der Waals surface area contributed by atoms with E-state index in [1.807, 2.05) is 24.0 Å². The minimum absolute atomic E-state index is 0.0229. The lowest BCUT2D eigenvalue weighted by Gasteiger charge is -2.34. The van der Waals surface area contributed by atoms with Gasteiger partial charge in [0.05, 0.1) is 13.7 Å². The van der Waals surface area contributed by atoms with Gasteiger partial charge >= 0.3 is 0 Å². The van der Waals surface area contributed by atoms with E-state index in [4.69, 9.17) is 4.74 Å². The monoisotopic (exact) mass is 359 g/mol. The lowest BCUT2D eigenvalue weighted by molar-refractivity contribution is -0.123. The number of ether oxygens (including phenoxy) is 1. The molecule has 142 valence electrons. The summed E-state index contributed by atoms with van der Waals surface area (Å²) in [5.41, 5.74) is 1.66. The van der Waals surface area contributed by atoms with Crippen molar-refractivity contribution in [2.24, 2.45) is 5.92 Å². The van der Waals surface area contributed by atoms with Crippen molar-refractivity contribution < 1.29 is 14.3 Å². The summed E-state index contributed by atoms with van der Waals surface area (Å²) in [7, 11) is 1.62. The smallest absolute Gasteiger partial charge is 0.254 e. The molecule has 0 bridgehead atoms. The average molecular weight is 359 g/mol. The molecule has 1 atom stereocenters. The molecule has 2 amide bonds. The van der Waals surface area contributed by atoms with Crippen LogP contribution in [0.2, 0.25) is 0 Å². The fourth-order valence-electron chi connectivity index (χ4n) is 3.46. The van der Waals surface area contributed by atoms with Crippen LogP contribution in [0.5, 0.6) is 5.75 Å². The van der Waals surface area contributed by atoms with Gasteiger partial charge in [0.25, 0.3) is 5.91 Å². The van der Waals surface area contributed by atoms with Gasteiger partial charge in [0.1, 0.15) is 5.75 Å². The number of piperazine rings is 1. The third kappa shape index (κ3) is 4.55. The Balaban J connectivity index is 1.48. The quantitative estimate of drug-likeness (QED) is 0.839. The van der Waals surface area contributed by atoms with Crippen LogP contribution in [0.1, 0.15) is 35.7 Å². The molecule has 1 saturated heterocycles. The van der Waals surface area contributed by atoms with E-state index in [2.05, 4.69) is 17.1 Å². The molecule has 26 heavy (non-hydrogen) atoms. The molecule has 6 heteroatoms. The van der Waals surface area contributed by atoms with Crippen LogP contribution >= 0.6 is 0 Å². The van der Waals surface area contributed by atoms with Crippen LogP contribution in [-0.2, 0) is 4.79 Å². The third-order valence-electron chi connectivity index (χ3n) is 5.40. The third-order valence-corrected chi connectivity index (χ3v) is 5.40. The zero-order chi connectivity index (χ0) is 18.7. The fraction of sp³-hybridized carbons (Fsp3) is 0.600. The van der Waals surface area contributed by atoms with Crippen LogP contribution in [0.15, 0.2) is 18.2 Å². The molecule has 0 aromatic heterocycles. The first kappa shape index (κ1) is 18.7. The zero-order valence-electron chi connectivity index (χ0n) is 16.0. The molecular weight excluding hydrogens is 330 g/mol. The first-order chi connectivity index (χ1) is 12.5. The summed E-state index contributed by atoms with van der Waals surface area (Å²) < 4.78 is 5.31. The summed E-state index contributed by atoms with van der Waals surface area (Å²) in [6.07, 6.45) is 2.46. The maximum atomic E-state index is 12.7. The van der Waals surface area contributed by atoms with E-state index in [0.29, 0.717) is 31.1 Å². The Morgan fingerprint density at radius 3 is 2.54 bits per heavy atom. The molecule has 1 heterocycles. The van der Waals surface area contributed by atoms with E-state index in [9.17, 15) is 9.59 Å². The Labute approximate surface area is 155 Å². The van der Waals surface area contributed by atoms with Gasteiger partial charge in [0, 0.05) is 37.8 Å². The predicted molar refractivity (Wildman–Crippen MR) is 100 cm³/mol. The highest BCUT2D eigenvalue weighted by Gasteiger charge is 2.29. The summed E-state index contributed by atoms with van der Waals surface area (Å²) >= 11 is 0. The number of rotatable bonds is 6. The molecule has 1 unspecified atom stereocenters. The number of nitrogens with one attached hydrogen (secondary N) is 1. The van der Waals surface area contributed by atoms with Gasteiger partial charge in [-0.3, -0.25) is 14.5 Å². The van der Waals surface area contributed by atoms with Gasteiger partial charge in [0.2, 0.25) is 5.91 Å². The highest BCUT2D eigenvalue weighted by Crippen LogP contribution is 2.32. The maximum Gasteiger partial charge on any atom is 0.254 e. The van der Waals surface area contributed by atoms with E-state index in [1.165, 1.54) is 12.8 Å². The minimum atomic E-state index is 0.0229. The summed E-state index contributed by atoms with van der Waals surface area (Å²) in [5.74, 6) is 1.51. The lowest BCUT2D eigenvalue weighted by Crippen LogP contribution is -2.51. The summed E-state index contributed by atoms with van der Waals surface area (Å²) in [5, 5.41) is 3.09. The van der Waals surface area contributed by atoms with Crippen LogP contribution in [0, 0.1) is 12.8 Å². The van der Waals surface area contributed by atoms with Gasteiger partial charge in [-0.15, -0.1) is 0 Å². The maximum absolute atomic E-state index is 12.7. The van der Waals surface area contributed by atoms with Crippen molar-refractivity contribution in [2.75, 3.05) is 39.8 Å². The zero-order valence-corrected chi connectivity index (χ0v) is 16.0. The Morgan fingerprint density at radius 2 is 1.92 bits per heavy atom. The molecule has 2 fully saturated rings. The molecule has 1 N–H and O–H groups in total. The van der Waals surface area contributed by atoms with Crippen LogP contribution in [0.4, 0.5) is 0 Å². The topological polar surface area (TPSA) is 61.9 Å². The molecular formula is C20H29N3O3. The van der Waals surface area contributed by atoms with E-state index in [0.717, 1.165) is 24.4 Å². The number of benzene rings is 1. The molecule has 2 aliphatic rings. The van der Waals surface area contributed by atoms with Crippen molar-refractivity contribution in [3.05, 3.63) is 29.3 Å². The van der Waals surface area contributed by atoms with Gasteiger partial charge in [-0.25, -0.2) is 0 Å². The summed E-state index contributed by atoms with van der Waals surface area (Å²) in [4.78, 5) is 28.8. The van der Waals surface area contributed by atoms with Gasteiger partial charge in [-0.1, -0.05) is 6.07 Å². The molecule has 0 radical (unpaired) electrons. The molecule has 6 nitrogen and oxygen atoms in total. The molecule has 3 rings (SSSR count). The number of aryl methyl sites for hydroxylation is 1. The minimum Gasteiger partial charge on any atom is -0.496 e. The molecule has 1 aliphatic carbocycles. The molecule has 1 aromatic rings. The normalized spacial score (nSPS) is 19.1. The first-order valence-corrected chi connectivity index (χ1v) is 9.43. The van der Waals surface area contributed by atoms with Gasteiger partial charge in [-0.2, -0.15) is 0 Å². The summed E-state index contributed by atoms with van der Waals surface area (Å²) in [6.45, 7) is 7.18. The highest BCUT2D eigenvalue weighted by molar-refractivity contribution is 5.94. The highest BCUT2D eigenvalue weighted by atomic mass is 16.5. The summed E-state index contributed by atoms with van der Waals surface area (Å²) in [6, 6.07) is 5.84. The fourth-order valence-corrected chi connectivity index (χ4v) is 3.46. The van der Waals surface area contributed by atoms with Crippen molar-refractivity contribution in [1.82, 2.24) is 15.1 Å².